The second-order valence-electron chi connectivity index (χ2n) is 5.99. The van der Waals surface area contributed by atoms with Crippen LogP contribution in [0.4, 0.5) is 8.78 Å². The summed E-state index contributed by atoms with van der Waals surface area (Å²) in [6.45, 7) is 4.41. The van der Waals surface area contributed by atoms with Crippen molar-refractivity contribution in [2.45, 2.75) is 31.3 Å². The van der Waals surface area contributed by atoms with Crippen LogP contribution in [0.5, 0.6) is 0 Å². The van der Waals surface area contributed by atoms with Crippen LogP contribution in [-0.2, 0) is 18.6 Å². The maximum absolute atomic E-state index is 14.1. The average molecular weight is 350 g/mol. The molecule has 1 N–H and O–H groups in total. The van der Waals surface area contributed by atoms with Crippen molar-refractivity contribution in [3.05, 3.63) is 34.9 Å². The number of hydrogen-bond acceptors (Lipinski definition) is 5. The largest absolute Gasteiger partial charge is 0.387 e. The maximum Gasteiger partial charge on any atom is 0.197 e. The van der Waals surface area contributed by atoms with Crippen molar-refractivity contribution >= 4 is 7.37 Å². The minimum atomic E-state index is -2.91. The van der Waals surface area contributed by atoms with Crippen LogP contribution in [0.2, 0.25) is 0 Å². The highest BCUT2D eigenvalue weighted by molar-refractivity contribution is 7.57. The Bertz CT molecular complexity index is 618. The van der Waals surface area contributed by atoms with Crippen molar-refractivity contribution in [3.63, 3.8) is 0 Å². The summed E-state index contributed by atoms with van der Waals surface area (Å²) in [5.74, 6) is -1.49. The number of ether oxygens (including phenoxy) is 2. The number of hydrogen-bond donors (Lipinski definition) is 1. The Morgan fingerprint density at radius 2 is 1.96 bits per heavy atom. The van der Waals surface area contributed by atoms with E-state index in [9.17, 15) is 18.5 Å². The molecule has 2 rings (SSSR count). The van der Waals surface area contributed by atoms with Gasteiger partial charge in [0.1, 0.15) is 36.1 Å². The van der Waals surface area contributed by atoms with Crippen molar-refractivity contribution in [3.8, 4) is 0 Å². The molecule has 1 aromatic carbocycles. The van der Waals surface area contributed by atoms with Crippen LogP contribution >= 0.6 is 7.37 Å². The van der Waals surface area contributed by atoms with E-state index in [1.807, 2.05) is 0 Å². The van der Waals surface area contributed by atoms with Gasteiger partial charge in [0.05, 0.1) is 6.61 Å². The second-order valence-corrected chi connectivity index (χ2v) is 8.70. The van der Waals surface area contributed by atoms with E-state index in [1.54, 1.807) is 0 Å². The number of aryl methyl sites for hydroxylation is 1. The fourth-order valence-electron chi connectivity index (χ4n) is 2.62. The monoisotopic (exact) mass is 350 g/mol. The normalized spacial score (nSPS) is 28.3. The van der Waals surface area contributed by atoms with Gasteiger partial charge in [0.15, 0.2) is 7.37 Å². The Hall–Kier alpha value is -0.850. The molecule has 1 aliphatic heterocycles. The molecule has 0 aliphatic carbocycles. The molecule has 1 fully saturated rings. The fraction of sp³-hybridized carbons (Fsp3) is 0.600. The first kappa shape index (κ1) is 18.5. The lowest BCUT2D eigenvalue weighted by molar-refractivity contribution is -0.0300. The number of methoxy groups -OCH3 is 1. The first-order chi connectivity index (χ1) is 10.6. The predicted molar refractivity (Wildman–Crippen MR) is 80.9 cm³/mol. The summed E-state index contributed by atoms with van der Waals surface area (Å²) in [5, 5.41) is 10.5. The van der Waals surface area contributed by atoms with E-state index < -0.39 is 43.4 Å². The SMILES string of the molecule is COC[C@H]1O[C@@H](c2cc(C)c(F)cc2F)[C@@H](O)C1OP(C)(C)=O. The van der Waals surface area contributed by atoms with Crippen molar-refractivity contribution < 1.29 is 32.4 Å². The Labute approximate surface area is 134 Å². The molecule has 0 bridgehead atoms. The van der Waals surface area contributed by atoms with Crippen LogP contribution < -0.4 is 0 Å². The third-order valence-electron chi connectivity index (χ3n) is 3.63. The Balaban J connectivity index is 2.34. The highest BCUT2D eigenvalue weighted by Gasteiger charge is 2.47. The molecule has 23 heavy (non-hydrogen) atoms. The lowest BCUT2D eigenvalue weighted by atomic mass is 9.99. The number of rotatable bonds is 5. The Morgan fingerprint density at radius 1 is 1.30 bits per heavy atom. The summed E-state index contributed by atoms with van der Waals surface area (Å²) < 4.78 is 55.5. The van der Waals surface area contributed by atoms with Crippen LogP contribution in [0.3, 0.4) is 0 Å². The van der Waals surface area contributed by atoms with Crippen molar-refractivity contribution in [1.82, 2.24) is 0 Å². The van der Waals surface area contributed by atoms with Gasteiger partial charge in [-0.3, -0.25) is 4.57 Å². The molecule has 0 spiro atoms. The minimum Gasteiger partial charge on any atom is -0.387 e. The lowest BCUT2D eigenvalue weighted by Gasteiger charge is -2.22. The summed E-state index contributed by atoms with van der Waals surface area (Å²) in [6, 6.07) is 2.05. The van der Waals surface area contributed by atoms with Gasteiger partial charge in [-0.25, -0.2) is 8.78 Å². The number of benzene rings is 1. The molecule has 4 atom stereocenters. The molecule has 0 saturated carbocycles. The standard InChI is InChI=1S/C15H21F2O5P/c1-8-5-9(11(17)6-10(8)16)14-13(18)15(22-23(3,4)19)12(21-14)7-20-2/h5-6,12-15,18H,7H2,1-4H3/t12-,13-,14+,15?/m1/s1. The van der Waals surface area contributed by atoms with Crippen molar-refractivity contribution in [2.24, 2.45) is 0 Å². The van der Waals surface area contributed by atoms with E-state index in [-0.39, 0.29) is 17.7 Å². The first-order valence-electron chi connectivity index (χ1n) is 7.15. The van der Waals surface area contributed by atoms with Crippen LogP contribution in [0.1, 0.15) is 17.2 Å². The zero-order valence-corrected chi connectivity index (χ0v) is 14.3. The van der Waals surface area contributed by atoms with E-state index >= 15 is 0 Å². The summed E-state index contributed by atoms with van der Waals surface area (Å²) >= 11 is 0. The van der Waals surface area contributed by atoms with Gasteiger partial charge >= 0.3 is 0 Å². The molecule has 1 aliphatic rings. The third-order valence-corrected chi connectivity index (χ3v) is 4.38. The van der Waals surface area contributed by atoms with Gasteiger partial charge in [-0.2, -0.15) is 0 Å². The quantitative estimate of drug-likeness (QED) is 0.827. The fourth-order valence-corrected chi connectivity index (χ4v) is 3.46. The van der Waals surface area contributed by atoms with Crippen LogP contribution in [0.15, 0.2) is 12.1 Å². The summed E-state index contributed by atoms with van der Waals surface area (Å²) in [6.07, 6.45) is -3.93. The van der Waals surface area contributed by atoms with Gasteiger partial charge in [0, 0.05) is 32.1 Å². The van der Waals surface area contributed by atoms with Crippen LogP contribution in [0.25, 0.3) is 0 Å². The minimum absolute atomic E-state index is 0.0330. The van der Waals surface area contributed by atoms with E-state index in [1.165, 1.54) is 33.4 Å². The molecule has 0 amide bonds. The topological polar surface area (TPSA) is 65.0 Å². The van der Waals surface area contributed by atoms with Gasteiger partial charge < -0.3 is 19.1 Å². The Kier molecular flexibility index (Phi) is 5.59. The highest BCUT2D eigenvalue weighted by atomic mass is 31.2. The third kappa shape index (κ3) is 4.17. The molecule has 1 unspecified atom stereocenters. The van der Waals surface area contributed by atoms with E-state index in [4.69, 9.17) is 14.0 Å². The van der Waals surface area contributed by atoms with Crippen molar-refractivity contribution in [1.29, 1.82) is 0 Å². The molecule has 1 saturated heterocycles. The summed E-state index contributed by atoms with van der Waals surface area (Å²) in [7, 11) is -1.47. The van der Waals surface area contributed by atoms with Gasteiger partial charge in [0.2, 0.25) is 0 Å². The average Bonchev–Trinajstić information content (AvgIpc) is 2.71. The predicted octanol–water partition coefficient (Wildman–Crippen LogP) is 2.64. The molecule has 130 valence electrons. The second kappa shape index (κ2) is 6.95. The lowest BCUT2D eigenvalue weighted by Crippen LogP contribution is -2.35. The molecule has 1 aromatic rings. The zero-order chi connectivity index (χ0) is 17.4. The smallest absolute Gasteiger partial charge is 0.197 e. The van der Waals surface area contributed by atoms with E-state index in [0.717, 1.165) is 6.07 Å². The Morgan fingerprint density at radius 3 is 2.52 bits per heavy atom. The highest BCUT2D eigenvalue weighted by Crippen LogP contribution is 2.46. The summed E-state index contributed by atoms with van der Waals surface area (Å²) in [5.41, 5.74) is 0.271. The van der Waals surface area contributed by atoms with Gasteiger partial charge in [0.25, 0.3) is 0 Å². The zero-order valence-electron chi connectivity index (χ0n) is 13.5. The molecule has 1 heterocycles. The van der Waals surface area contributed by atoms with Crippen LogP contribution in [-0.4, -0.2) is 50.5 Å². The molecular weight excluding hydrogens is 329 g/mol. The van der Waals surface area contributed by atoms with Gasteiger partial charge in [-0.15, -0.1) is 0 Å². The molecular formula is C15H21F2O5P. The van der Waals surface area contributed by atoms with Gasteiger partial charge in [-0.05, 0) is 18.6 Å². The molecule has 5 nitrogen and oxygen atoms in total. The molecule has 0 aromatic heterocycles. The number of halogens is 2. The van der Waals surface area contributed by atoms with E-state index in [2.05, 4.69) is 0 Å². The molecule has 0 radical (unpaired) electrons. The van der Waals surface area contributed by atoms with Crippen LogP contribution in [0, 0.1) is 18.6 Å². The molecule has 8 heteroatoms. The number of aliphatic hydroxyl groups excluding tert-OH is 1. The van der Waals surface area contributed by atoms with E-state index in [0.29, 0.717) is 0 Å². The van der Waals surface area contributed by atoms with Crippen molar-refractivity contribution in [2.75, 3.05) is 27.0 Å². The maximum atomic E-state index is 14.1. The first-order valence-corrected chi connectivity index (χ1v) is 9.67. The van der Waals surface area contributed by atoms with Gasteiger partial charge in [-0.1, -0.05) is 0 Å². The summed E-state index contributed by atoms with van der Waals surface area (Å²) in [4.78, 5) is 0. The number of aliphatic hydroxyl groups is 1.